The van der Waals surface area contributed by atoms with Crippen molar-refractivity contribution in [3.8, 4) is 11.1 Å². The Morgan fingerprint density at radius 2 is 1.72 bits per heavy atom. The highest BCUT2D eigenvalue weighted by Gasteiger charge is 2.16. The minimum absolute atomic E-state index is 0.578. The number of rotatable bonds is 5. The van der Waals surface area contributed by atoms with Gasteiger partial charge in [-0.3, -0.25) is 0 Å². The lowest BCUT2D eigenvalue weighted by molar-refractivity contribution is 0.187. The van der Waals surface area contributed by atoms with Crippen LogP contribution in [0.5, 0.6) is 0 Å². The Labute approximate surface area is 161 Å². The van der Waals surface area contributed by atoms with Gasteiger partial charge in [-0.1, -0.05) is 67.4 Å². The van der Waals surface area contributed by atoms with Crippen molar-refractivity contribution in [1.82, 2.24) is 4.90 Å². The number of nitrogens with zero attached hydrogens (tertiary/aromatic N) is 1. The molecule has 0 saturated carbocycles. The predicted octanol–water partition coefficient (Wildman–Crippen LogP) is 6.89. The van der Waals surface area contributed by atoms with Crippen LogP contribution < -0.4 is 0 Å². The fourth-order valence-electron chi connectivity index (χ4n) is 3.54. The Morgan fingerprint density at radius 3 is 2.36 bits per heavy atom. The molecule has 0 bridgehead atoms. The fourth-order valence-corrected chi connectivity index (χ4v) is 4.06. The van der Waals surface area contributed by atoms with E-state index in [-0.39, 0.29) is 0 Å². The summed E-state index contributed by atoms with van der Waals surface area (Å²) in [6.07, 6.45) is 3.92. The van der Waals surface area contributed by atoms with Gasteiger partial charge in [0.2, 0.25) is 0 Å². The van der Waals surface area contributed by atoms with Gasteiger partial charge in [-0.05, 0) is 74.0 Å². The molecule has 0 N–H and O–H groups in total. The van der Waals surface area contributed by atoms with E-state index < -0.39 is 0 Å². The summed E-state index contributed by atoms with van der Waals surface area (Å²) in [6, 6.07) is 14.5. The van der Waals surface area contributed by atoms with Gasteiger partial charge in [0.1, 0.15) is 0 Å². The van der Waals surface area contributed by atoms with E-state index in [0.717, 1.165) is 17.0 Å². The van der Waals surface area contributed by atoms with Crippen LogP contribution in [-0.2, 0) is 0 Å². The van der Waals surface area contributed by atoms with Crippen molar-refractivity contribution in [3.05, 3.63) is 58.1 Å². The molecule has 3 rings (SSSR count). The third-order valence-electron chi connectivity index (χ3n) is 5.48. The van der Waals surface area contributed by atoms with Gasteiger partial charge >= 0.3 is 0 Å². The molecule has 1 unspecified atom stereocenters. The summed E-state index contributed by atoms with van der Waals surface area (Å²) >= 11 is 12.3. The molecule has 0 amide bonds. The van der Waals surface area contributed by atoms with Gasteiger partial charge in [0.25, 0.3) is 0 Å². The molecule has 1 nitrogen and oxygen atoms in total. The largest absolute Gasteiger partial charge is 0.303 e. The van der Waals surface area contributed by atoms with Gasteiger partial charge in [-0.25, -0.2) is 0 Å². The van der Waals surface area contributed by atoms with Gasteiger partial charge in [0.15, 0.2) is 0 Å². The van der Waals surface area contributed by atoms with E-state index in [1.165, 1.54) is 44.5 Å². The maximum absolute atomic E-state index is 6.32. The molecule has 1 fully saturated rings. The standard InChI is InChI=1S/C22H27Cl2N/c1-16-9-12-25(13-10-16)14-11-17(2)18-3-5-19(6-4-18)21-8-7-20(23)15-22(21)24/h3-8,15-17H,9-14H2,1-2H3. The number of halogens is 2. The molecule has 0 radical (unpaired) electrons. The molecule has 1 aliphatic heterocycles. The van der Waals surface area contributed by atoms with E-state index in [0.29, 0.717) is 16.0 Å². The van der Waals surface area contributed by atoms with Crippen molar-refractivity contribution in [2.24, 2.45) is 5.92 Å². The first kappa shape index (κ1) is 18.8. The van der Waals surface area contributed by atoms with Gasteiger partial charge < -0.3 is 4.90 Å². The monoisotopic (exact) mass is 375 g/mol. The SMILES string of the molecule is CC1CCN(CCC(C)c2ccc(-c3ccc(Cl)cc3Cl)cc2)CC1. The molecule has 1 atom stereocenters. The smallest absolute Gasteiger partial charge is 0.0499 e. The second-order valence-corrected chi connectivity index (χ2v) is 8.30. The first-order chi connectivity index (χ1) is 12.0. The molecule has 25 heavy (non-hydrogen) atoms. The average Bonchev–Trinajstić information content (AvgIpc) is 2.61. The van der Waals surface area contributed by atoms with Crippen LogP contribution in [-0.4, -0.2) is 24.5 Å². The van der Waals surface area contributed by atoms with Crippen molar-refractivity contribution >= 4 is 23.2 Å². The molecule has 0 aromatic heterocycles. The van der Waals surface area contributed by atoms with E-state index in [9.17, 15) is 0 Å². The molecule has 0 aliphatic carbocycles. The van der Waals surface area contributed by atoms with Crippen LogP contribution >= 0.6 is 23.2 Å². The number of hydrogen-bond donors (Lipinski definition) is 0. The van der Waals surface area contributed by atoms with Crippen molar-refractivity contribution in [3.63, 3.8) is 0 Å². The first-order valence-corrected chi connectivity index (χ1v) is 10.1. The molecule has 134 valence electrons. The Kier molecular flexibility index (Phi) is 6.44. The Hall–Kier alpha value is -1.02. The lowest BCUT2D eigenvalue weighted by atomic mass is 9.94. The summed E-state index contributed by atoms with van der Waals surface area (Å²) in [4.78, 5) is 2.62. The maximum atomic E-state index is 6.32. The Balaban J connectivity index is 1.59. The summed E-state index contributed by atoms with van der Waals surface area (Å²) < 4.78 is 0. The van der Waals surface area contributed by atoms with Gasteiger partial charge in [-0.2, -0.15) is 0 Å². The van der Waals surface area contributed by atoms with E-state index >= 15 is 0 Å². The zero-order chi connectivity index (χ0) is 17.8. The van der Waals surface area contributed by atoms with Crippen LogP contribution in [0.1, 0.15) is 44.6 Å². The minimum atomic E-state index is 0.578. The summed E-state index contributed by atoms with van der Waals surface area (Å²) in [5, 5.41) is 1.37. The lowest BCUT2D eigenvalue weighted by Gasteiger charge is -2.31. The zero-order valence-corrected chi connectivity index (χ0v) is 16.7. The summed E-state index contributed by atoms with van der Waals surface area (Å²) in [6.45, 7) is 8.44. The highest BCUT2D eigenvalue weighted by Crippen LogP contribution is 2.31. The quantitative estimate of drug-likeness (QED) is 0.549. The maximum Gasteiger partial charge on any atom is 0.0499 e. The summed E-state index contributed by atoms with van der Waals surface area (Å²) in [5.41, 5.74) is 3.58. The molecule has 0 spiro atoms. The van der Waals surface area contributed by atoms with Gasteiger partial charge in [0, 0.05) is 15.6 Å². The minimum Gasteiger partial charge on any atom is -0.303 e. The van der Waals surface area contributed by atoms with Crippen LogP contribution in [0.4, 0.5) is 0 Å². The van der Waals surface area contributed by atoms with Crippen molar-refractivity contribution in [1.29, 1.82) is 0 Å². The molecule has 1 aliphatic rings. The number of benzene rings is 2. The van der Waals surface area contributed by atoms with Crippen molar-refractivity contribution in [2.45, 2.75) is 39.0 Å². The molecule has 3 heteroatoms. The zero-order valence-electron chi connectivity index (χ0n) is 15.1. The average molecular weight is 376 g/mol. The van der Waals surface area contributed by atoms with Gasteiger partial charge in [-0.15, -0.1) is 0 Å². The van der Waals surface area contributed by atoms with Gasteiger partial charge in [0.05, 0.1) is 0 Å². The van der Waals surface area contributed by atoms with E-state index in [2.05, 4.69) is 43.0 Å². The lowest BCUT2D eigenvalue weighted by Crippen LogP contribution is -2.34. The summed E-state index contributed by atoms with van der Waals surface area (Å²) in [5.74, 6) is 1.48. The van der Waals surface area contributed by atoms with Crippen LogP contribution in [0.2, 0.25) is 10.0 Å². The van der Waals surface area contributed by atoms with Crippen LogP contribution in [0.25, 0.3) is 11.1 Å². The highest BCUT2D eigenvalue weighted by molar-refractivity contribution is 6.36. The molecular weight excluding hydrogens is 349 g/mol. The number of hydrogen-bond acceptors (Lipinski definition) is 1. The second kappa shape index (κ2) is 8.58. The molecule has 1 heterocycles. The molecule has 1 saturated heterocycles. The summed E-state index contributed by atoms with van der Waals surface area (Å²) in [7, 11) is 0. The molecule has 2 aromatic rings. The highest BCUT2D eigenvalue weighted by atomic mass is 35.5. The number of piperidine rings is 1. The predicted molar refractivity (Wildman–Crippen MR) is 110 cm³/mol. The third-order valence-corrected chi connectivity index (χ3v) is 6.02. The number of likely N-dealkylation sites (tertiary alicyclic amines) is 1. The molecule has 2 aromatic carbocycles. The van der Waals surface area contributed by atoms with Crippen LogP contribution in [0.3, 0.4) is 0 Å². The third kappa shape index (κ3) is 5.00. The second-order valence-electron chi connectivity index (χ2n) is 7.46. The van der Waals surface area contributed by atoms with Crippen molar-refractivity contribution in [2.75, 3.05) is 19.6 Å². The van der Waals surface area contributed by atoms with Crippen LogP contribution in [0, 0.1) is 5.92 Å². The Morgan fingerprint density at radius 1 is 1.04 bits per heavy atom. The van der Waals surface area contributed by atoms with Crippen molar-refractivity contribution < 1.29 is 0 Å². The van der Waals surface area contributed by atoms with Crippen LogP contribution in [0.15, 0.2) is 42.5 Å². The molecular formula is C22H27Cl2N. The Bertz CT molecular complexity index is 688. The normalized spacial score (nSPS) is 17.6. The fraction of sp³-hybridized carbons (Fsp3) is 0.455. The van der Waals surface area contributed by atoms with E-state index in [4.69, 9.17) is 23.2 Å². The van der Waals surface area contributed by atoms with E-state index in [1.807, 2.05) is 12.1 Å². The first-order valence-electron chi connectivity index (χ1n) is 9.30. The topological polar surface area (TPSA) is 3.24 Å². The van der Waals surface area contributed by atoms with E-state index in [1.54, 1.807) is 6.07 Å².